The van der Waals surface area contributed by atoms with Crippen molar-refractivity contribution >= 4 is 39.7 Å². The SMILES string of the molecule is CN(C)CC(=O)N1CCc2cc(N=C(c3ccccc3)c3c(O)[nH]c4cc(C(=O)C5CCCC5)ccc34)ccc21. The van der Waals surface area contributed by atoms with E-state index in [1.165, 1.54) is 0 Å². The number of likely N-dealkylation sites (N-methyl/N-ethyl adjacent to an activating group) is 1. The van der Waals surface area contributed by atoms with Crippen LogP contribution in [0.15, 0.2) is 71.7 Å². The van der Waals surface area contributed by atoms with Crippen LogP contribution in [-0.4, -0.2) is 59.6 Å². The summed E-state index contributed by atoms with van der Waals surface area (Å²) in [6.07, 6.45) is 4.89. The number of nitrogens with zero attached hydrogens (tertiary/aromatic N) is 3. The molecule has 2 heterocycles. The molecule has 0 spiro atoms. The molecule has 1 amide bonds. The lowest BCUT2D eigenvalue weighted by molar-refractivity contribution is -0.119. The molecule has 4 aromatic rings. The molecule has 40 heavy (non-hydrogen) atoms. The third kappa shape index (κ3) is 4.93. The summed E-state index contributed by atoms with van der Waals surface area (Å²) >= 11 is 0. The van der Waals surface area contributed by atoms with Crippen LogP contribution >= 0.6 is 0 Å². The van der Waals surface area contributed by atoms with Gasteiger partial charge in [0.2, 0.25) is 5.91 Å². The number of hydrogen-bond donors (Lipinski definition) is 2. The van der Waals surface area contributed by atoms with Crippen LogP contribution in [0.3, 0.4) is 0 Å². The number of hydrogen-bond acceptors (Lipinski definition) is 5. The quantitative estimate of drug-likeness (QED) is 0.229. The fourth-order valence-corrected chi connectivity index (χ4v) is 6.06. The molecule has 0 saturated heterocycles. The topological polar surface area (TPSA) is 89.0 Å². The van der Waals surface area contributed by atoms with E-state index in [1.807, 2.05) is 90.6 Å². The lowest BCUT2D eigenvalue weighted by Gasteiger charge is -2.19. The number of nitrogens with one attached hydrogen (secondary N) is 1. The van der Waals surface area contributed by atoms with Crippen LogP contribution in [0.5, 0.6) is 5.88 Å². The van der Waals surface area contributed by atoms with Gasteiger partial charge in [-0.1, -0.05) is 55.3 Å². The van der Waals surface area contributed by atoms with Crippen LogP contribution < -0.4 is 4.90 Å². The number of anilines is 1. The Labute approximate surface area is 234 Å². The number of ketones is 1. The van der Waals surface area contributed by atoms with Gasteiger partial charge in [0.15, 0.2) is 11.7 Å². The van der Waals surface area contributed by atoms with E-state index in [0.717, 1.165) is 60.0 Å². The van der Waals surface area contributed by atoms with Crippen molar-refractivity contribution in [2.75, 3.05) is 32.1 Å². The van der Waals surface area contributed by atoms with Crippen molar-refractivity contribution in [3.63, 3.8) is 0 Å². The molecule has 1 saturated carbocycles. The van der Waals surface area contributed by atoms with Gasteiger partial charge in [0.25, 0.3) is 0 Å². The molecule has 0 bridgehead atoms. The third-order valence-electron chi connectivity index (χ3n) is 8.03. The smallest absolute Gasteiger partial charge is 0.241 e. The van der Waals surface area contributed by atoms with Crippen molar-refractivity contribution < 1.29 is 14.7 Å². The summed E-state index contributed by atoms with van der Waals surface area (Å²) in [7, 11) is 3.79. The van der Waals surface area contributed by atoms with Gasteiger partial charge in [-0.05, 0) is 63.2 Å². The van der Waals surface area contributed by atoms with E-state index in [4.69, 9.17) is 4.99 Å². The Bertz CT molecular complexity index is 1610. The molecule has 1 aliphatic carbocycles. The number of amides is 1. The van der Waals surface area contributed by atoms with Gasteiger partial charge in [-0.2, -0.15) is 0 Å². The molecule has 0 atom stereocenters. The maximum atomic E-state index is 13.1. The minimum Gasteiger partial charge on any atom is -0.494 e. The van der Waals surface area contributed by atoms with E-state index < -0.39 is 0 Å². The maximum absolute atomic E-state index is 13.1. The Morgan fingerprint density at radius 3 is 2.52 bits per heavy atom. The molecule has 1 aliphatic heterocycles. The van der Waals surface area contributed by atoms with Gasteiger partial charge >= 0.3 is 0 Å². The van der Waals surface area contributed by atoms with Crippen molar-refractivity contribution in [2.24, 2.45) is 10.9 Å². The summed E-state index contributed by atoms with van der Waals surface area (Å²) in [4.78, 5) is 37.7. The molecule has 6 rings (SSSR count). The molecule has 0 unspecified atom stereocenters. The molecule has 2 N–H and O–H groups in total. The van der Waals surface area contributed by atoms with Crippen LogP contribution in [0.2, 0.25) is 0 Å². The largest absolute Gasteiger partial charge is 0.494 e. The summed E-state index contributed by atoms with van der Waals surface area (Å²) in [5.41, 5.74) is 6.26. The number of aromatic amines is 1. The Morgan fingerprint density at radius 1 is 1.00 bits per heavy atom. The van der Waals surface area contributed by atoms with Crippen molar-refractivity contribution in [1.82, 2.24) is 9.88 Å². The highest BCUT2D eigenvalue weighted by atomic mass is 16.3. The minimum atomic E-state index is 0.0182. The van der Waals surface area contributed by atoms with Crippen LogP contribution in [0, 0.1) is 5.92 Å². The predicted molar refractivity (Wildman–Crippen MR) is 159 cm³/mol. The molecular formula is C33H34N4O3. The molecule has 3 aromatic carbocycles. The molecule has 7 heteroatoms. The highest BCUT2D eigenvalue weighted by molar-refractivity contribution is 6.22. The number of carbonyl (C=O) groups is 2. The number of fused-ring (bicyclic) bond motifs is 2. The Hall–Kier alpha value is -4.23. The van der Waals surface area contributed by atoms with Gasteiger partial charge in [0.1, 0.15) is 0 Å². The fraction of sp³-hybridized carbons (Fsp3) is 0.303. The van der Waals surface area contributed by atoms with Crippen LogP contribution in [0.25, 0.3) is 10.9 Å². The third-order valence-corrected chi connectivity index (χ3v) is 8.03. The number of aromatic nitrogens is 1. The minimum absolute atomic E-state index is 0.0182. The molecule has 1 fully saturated rings. The van der Waals surface area contributed by atoms with E-state index in [1.54, 1.807) is 0 Å². The number of carbonyl (C=O) groups excluding carboxylic acids is 2. The van der Waals surface area contributed by atoms with Crippen molar-refractivity contribution in [3.05, 3.63) is 89.0 Å². The Morgan fingerprint density at radius 2 is 1.77 bits per heavy atom. The van der Waals surface area contributed by atoms with Gasteiger partial charge in [-0.3, -0.25) is 9.59 Å². The fourth-order valence-electron chi connectivity index (χ4n) is 6.06. The molecule has 7 nitrogen and oxygen atoms in total. The first kappa shape index (κ1) is 26.0. The number of benzene rings is 3. The number of H-pyrrole nitrogens is 1. The van der Waals surface area contributed by atoms with Crippen molar-refractivity contribution in [2.45, 2.75) is 32.1 Å². The second-order valence-corrected chi connectivity index (χ2v) is 11.1. The normalized spacial score (nSPS) is 15.8. The average molecular weight is 535 g/mol. The monoisotopic (exact) mass is 534 g/mol. The zero-order valence-corrected chi connectivity index (χ0v) is 23.0. The lowest BCUT2D eigenvalue weighted by Crippen LogP contribution is -2.36. The van der Waals surface area contributed by atoms with Crippen molar-refractivity contribution in [3.8, 4) is 5.88 Å². The number of Topliss-reactive ketones (excluding diaryl/α,β-unsaturated/α-hetero) is 1. The highest BCUT2D eigenvalue weighted by Crippen LogP contribution is 2.36. The van der Waals surface area contributed by atoms with Crippen LogP contribution in [-0.2, 0) is 11.2 Å². The molecule has 1 aromatic heterocycles. The predicted octanol–water partition coefficient (Wildman–Crippen LogP) is 5.87. The van der Waals surface area contributed by atoms with E-state index >= 15 is 0 Å². The van der Waals surface area contributed by atoms with Gasteiger partial charge in [-0.15, -0.1) is 0 Å². The first-order chi connectivity index (χ1) is 19.4. The van der Waals surface area contributed by atoms with Gasteiger partial charge in [0.05, 0.1) is 23.5 Å². The number of aromatic hydroxyl groups is 1. The molecule has 204 valence electrons. The zero-order chi connectivity index (χ0) is 27.8. The van der Waals surface area contributed by atoms with Crippen molar-refractivity contribution in [1.29, 1.82) is 0 Å². The first-order valence-electron chi connectivity index (χ1n) is 14.0. The Balaban J connectivity index is 1.40. The summed E-state index contributed by atoms with van der Waals surface area (Å²) in [6.45, 7) is 1.02. The van der Waals surface area contributed by atoms with Gasteiger partial charge in [0, 0.05) is 40.2 Å². The van der Waals surface area contributed by atoms with E-state index in [0.29, 0.717) is 35.4 Å². The molecular weight excluding hydrogens is 500 g/mol. The number of aliphatic imine (C=N–C) groups is 1. The standard InChI is InChI=1S/C33H34N4O3/c1-36(2)20-29(38)37-17-16-23-18-25(13-15-28(23)37)34-31(21-8-4-3-5-9-21)30-26-14-12-24(19-27(26)35-33(30)40)32(39)22-10-6-7-11-22/h3-5,8-9,12-15,18-19,22,35,40H,6-7,10-11,16-17,20H2,1-2H3. The second kappa shape index (κ2) is 10.7. The highest BCUT2D eigenvalue weighted by Gasteiger charge is 2.27. The van der Waals surface area contributed by atoms with Crippen LogP contribution in [0.1, 0.15) is 52.7 Å². The zero-order valence-electron chi connectivity index (χ0n) is 23.0. The van der Waals surface area contributed by atoms with Gasteiger partial charge < -0.3 is 19.9 Å². The second-order valence-electron chi connectivity index (χ2n) is 11.1. The summed E-state index contributed by atoms with van der Waals surface area (Å²) in [6, 6.07) is 21.4. The Kier molecular flexibility index (Phi) is 6.98. The first-order valence-corrected chi connectivity index (χ1v) is 14.0. The number of rotatable bonds is 7. The average Bonchev–Trinajstić information content (AvgIpc) is 3.69. The summed E-state index contributed by atoms with van der Waals surface area (Å²) in [5, 5.41) is 11.9. The maximum Gasteiger partial charge on any atom is 0.241 e. The molecule has 2 aliphatic rings. The van der Waals surface area contributed by atoms with E-state index in [-0.39, 0.29) is 23.5 Å². The molecule has 0 radical (unpaired) electrons. The van der Waals surface area contributed by atoms with E-state index in [2.05, 4.69) is 4.98 Å². The van der Waals surface area contributed by atoms with E-state index in [9.17, 15) is 14.7 Å². The summed E-state index contributed by atoms with van der Waals surface area (Å²) < 4.78 is 0. The van der Waals surface area contributed by atoms with Crippen LogP contribution in [0.4, 0.5) is 11.4 Å². The van der Waals surface area contributed by atoms with Gasteiger partial charge in [-0.25, -0.2) is 4.99 Å². The lowest BCUT2D eigenvalue weighted by atomic mass is 9.94. The summed E-state index contributed by atoms with van der Waals surface area (Å²) in [5.74, 6) is 0.378.